The summed E-state index contributed by atoms with van der Waals surface area (Å²) < 4.78 is 1.15. The quantitative estimate of drug-likeness (QED) is 0.864. The van der Waals surface area contributed by atoms with Gasteiger partial charge in [-0.15, -0.1) is 0 Å². The van der Waals surface area contributed by atoms with Crippen LogP contribution in [0, 0.1) is 6.92 Å². The van der Waals surface area contributed by atoms with Crippen LogP contribution in [0.1, 0.15) is 42.6 Å². The number of pyridine rings is 1. The van der Waals surface area contributed by atoms with Crippen LogP contribution in [0.5, 0.6) is 0 Å². The van der Waals surface area contributed by atoms with E-state index in [1.165, 1.54) is 11.1 Å². The molecule has 20 heavy (non-hydrogen) atoms. The zero-order valence-corrected chi connectivity index (χ0v) is 13.8. The summed E-state index contributed by atoms with van der Waals surface area (Å²) in [6, 6.07) is 12.9. The van der Waals surface area contributed by atoms with Crippen molar-refractivity contribution in [1.29, 1.82) is 0 Å². The van der Waals surface area contributed by atoms with Crippen LogP contribution in [-0.4, -0.2) is 11.5 Å². The Kier molecular flexibility index (Phi) is 5.32. The molecule has 1 heterocycles. The van der Waals surface area contributed by atoms with Crippen molar-refractivity contribution in [1.82, 2.24) is 10.3 Å². The molecular formula is C17H21BrN2. The van der Waals surface area contributed by atoms with E-state index in [1.54, 1.807) is 0 Å². The van der Waals surface area contributed by atoms with Gasteiger partial charge in [0.25, 0.3) is 0 Å². The topological polar surface area (TPSA) is 24.9 Å². The van der Waals surface area contributed by atoms with Crippen LogP contribution in [-0.2, 0) is 0 Å². The molecule has 0 amide bonds. The molecule has 0 aliphatic carbocycles. The van der Waals surface area contributed by atoms with E-state index in [4.69, 9.17) is 0 Å². The van der Waals surface area contributed by atoms with Gasteiger partial charge < -0.3 is 5.32 Å². The highest BCUT2D eigenvalue weighted by Crippen LogP contribution is 2.34. The Morgan fingerprint density at radius 1 is 1.25 bits per heavy atom. The van der Waals surface area contributed by atoms with Crippen LogP contribution in [0.4, 0.5) is 0 Å². The predicted octanol–water partition coefficient (Wildman–Crippen LogP) is 4.61. The highest BCUT2D eigenvalue weighted by atomic mass is 79.9. The molecule has 2 aromatic rings. The Labute approximate surface area is 129 Å². The Bertz CT molecular complexity index is 554. The van der Waals surface area contributed by atoms with E-state index in [9.17, 15) is 0 Å². The Morgan fingerprint density at radius 2 is 2.05 bits per heavy atom. The predicted molar refractivity (Wildman–Crippen MR) is 87.9 cm³/mol. The molecule has 2 nitrogen and oxygen atoms in total. The van der Waals surface area contributed by atoms with Crippen molar-refractivity contribution in [3.63, 3.8) is 0 Å². The van der Waals surface area contributed by atoms with Gasteiger partial charge in [0.2, 0.25) is 0 Å². The maximum Gasteiger partial charge on any atom is 0.0450 e. The molecule has 0 saturated heterocycles. The molecule has 1 N–H and O–H groups in total. The van der Waals surface area contributed by atoms with Gasteiger partial charge in [-0.2, -0.15) is 0 Å². The van der Waals surface area contributed by atoms with Crippen molar-refractivity contribution in [2.75, 3.05) is 6.54 Å². The number of halogens is 1. The van der Waals surface area contributed by atoms with Crippen molar-refractivity contribution in [2.24, 2.45) is 0 Å². The van der Waals surface area contributed by atoms with Crippen LogP contribution in [0.25, 0.3) is 0 Å². The smallest absolute Gasteiger partial charge is 0.0450 e. The molecule has 0 radical (unpaired) electrons. The number of nitrogens with zero attached hydrogens (tertiary/aromatic N) is 1. The number of hydrogen-bond acceptors (Lipinski definition) is 2. The van der Waals surface area contributed by atoms with Gasteiger partial charge in [-0.25, -0.2) is 0 Å². The first-order valence-electron chi connectivity index (χ1n) is 7.03. The monoisotopic (exact) mass is 332 g/mol. The second-order valence-corrected chi connectivity index (χ2v) is 5.96. The van der Waals surface area contributed by atoms with Gasteiger partial charge in [-0.05, 0) is 37.2 Å². The lowest BCUT2D eigenvalue weighted by molar-refractivity contribution is 0.470. The molecule has 0 bridgehead atoms. The van der Waals surface area contributed by atoms with E-state index in [-0.39, 0.29) is 6.04 Å². The first-order chi connectivity index (χ1) is 9.63. The zero-order valence-electron chi connectivity index (χ0n) is 12.2. The number of nitrogens with one attached hydrogen (secondary N) is 1. The first-order valence-corrected chi connectivity index (χ1v) is 7.83. The average Bonchev–Trinajstić information content (AvgIpc) is 2.48. The Morgan fingerprint density at radius 3 is 2.70 bits per heavy atom. The van der Waals surface area contributed by atoms with Gasteiger partial charge in [0.05, 0.1) is 0 Å². The van der Waals surface area contributed by atoms with Crippen molar-refractivity contribution in [2.45, 2.75) is 32.7 Å². The molecule has 0 fully saturated rings. The fraction of sp³-hybridized carbons (Fsp3) is 0.353. The lowest BCUT2D eigenvalue weighted by Crippen LogP contribution is -2.26. The largest absolute Gasteiger partial charge is 0.310 e. The standard InChI is InChI=1S/C17H21BrN2/c1-4-19-17(13(3)16-7-5-6-10-20-16)14-11-12(2)8-9-15(14)18/h5-11,13,17,19H,4H2,1-3H3. The van der Waals surface area contributed by atoms with Crippen molar-refractivity contribution < 1.29 is 0 Å². The average molecular weight is 333 g/mol. The molecule has 106 valence electrons. The molecule has 3 heteroatoms. The van der Waals surface area contributed by atoms with E-state index in [1.807, 2.05) is 18.3 Å². The van der Waals surface area contributed by atoms with Crippen LogP contribution >= 0.6 is 15.9 Å². The molecule has 2 atom stereocenters. The molecule has 0 aliphatic rings. The molecule has 0 spiro atoms. The number of aromatic nitrogens is 1. The molecule has 1 aromatic carbocycles. The third-order valence-corrected chi connectivity index (χ3v) is 4.29. The minimum Gasteiger partial charge on any atom is -0.310 e. The van der Waals surface area contributed by atoms with Crippen LogP contribution in [0.3, 0.4) is 0 Å². The number of aryl methyl sites for hydroxylation is 1. The highest BCUT2D eigenvalue weighted by Gasteiger charge is 2.22. The minimum atomic E-state index is 0.254. The van der Waals surface area contributed by atoms with Crippen molar-refractivity contribution in [3.05, 3.63) is 63.9 Å². The lowest BCUT2D eigenvalue weighted by atomic mass is 9.90. The van der Waals surface area contributed by atoms with E-state index in [2.05, 4.69) is 71.3 Å². The molecule has 0 aliphatic heterocycles. The summed E-state index contributed by atoms with van der Waals surface area (Å²) in [6.07, 6.45) is 1.86. The van der Waals surface area contributed by atoms with Gasteiger partial charge in [0.1, 0.15) is 0 Å². The SMILES string of the molecule is CCNC(c1cc(C)ccc1Br)C(C)c1ccccn1. The fourth-order valence-electron chi connectivity index (χ4n) is 2.49. The first kappa shape index (κ1) is 15.2. The minimum absolute atomic E-state index is 0.254. The molecule has 2 rings (SSSR count). The summed E-state index contributed by atoms with van der Waals surface area (Å²) >= 11 is 3.68. The maximum absolute atomic E-state index is 4.50. The van der Waals surface area contributed by atoms with E-state index in [0.717, 1.165) is 16.7 Å². The van der Waals surface area contributed by atoms with Gasteiger partial charge >= 0.3 is 0 Å². The van der Waals surface area contributed by atoms with Crippen LogP contribution < -0.4 is 5.32 Å². The van der Waals surface area contributed by atoms with E-state index in [0.29, 0.717) is 5.92 Å². The number of benzene rings is 1. The van der Waals surface area contributed by atoms with Crippen molar-refractivity contribution >= 4 is 15.9 Å². The van der Waals surface area contributed by atoms with Crippen molar-refractivity contribution in [3.8, 4) is 0 Å². The fourth-order valence-corrected chi connectivity index (χ4v) is 2.99. The number of likely N-dealkylation sites (N-methyl/N-ethyl adjacent to an activating group) is 1. The maximum atomic E-state index is 4.50. The summed E-state index contributed by atoms with van der Waals surface area (Å²) in [4.78, 5) is 4.50. The Balaban J connectivity index is 2.38. The summed E-state index contributed by atoms with van der Waals surface area (Å²) in [7, 11) is 0. The van der Waals surface area contributed by atoms with Gasteiger partial charge in [0, 0.05) is 28.3 Å². The molecule has 1 aromatic heterocycles. The molecule has 2 unspecified atom stereocenters. The van der Waals surface area contributed by atoms with E-state index >= 15 is 0 Å². The summed E-state index contributed by atoms with van der Waals surface area (Å²) in [5.74, 6) is 0.314. The summed E-state index contributed by atoms with van der Waals surface area (Å²) in [5.41, 5.74) is 3.69. The second-order valence-electron chi connectivity index (χ2n) is 5.10. The van der Waals surface area contributed by atoms with E-state index < -0.39 is 0 Å². The molecular weight excluding hydrogens is 312 g/mol. The third-order valence-electron chi connectivity index (χ3n) is 3.56. The molecule has 0 saturated carbocycles. The van der Waals surface area contributed by atoms with Gasteiger partial charge in [0.15, 0.2) is 0 Å². The number of hydrogen-bond donors (Lipinski definition) is 1. The summed E-state index contributed by atoms with van der Waals surface area (Å²) in [5, 5.41) is 3.60. The Hall–Kier alpha value is -1.19. The van der Waals surface area contributed by atoms with Gasteiger partial charge in [-0.1, -0.05) is 53.5 Å². The normalized spacial score (nSPS) is 14.0. The van der Waals surface area contributed by atoms with Gasteiger partial charge in [-0.3, -0.25) is 4.98 Å². The lowest BCUT2D eigenvalue weighted by Gasteiger charge is -2.26. The summed E-state index contributed by atoms with van der Waals surface area (Å²) in [6.45, 7) is 7.43. The number of rotatable bonds is 5. The second kappa shape index (κ2) is 7.00. The third kappa shape index (κ3) is 3.47. The van der Waals surface area contributed by atoms with Crippen LogP contribution in [0.2, 0.25) is 0 Å². The van der Waals surface area contributed by atoms with Crippen LogP contribution in [0.15, 0.2) is 47.1 Å². The zero-order chi connectivity index (χ0) is 14.5. The highest BCUT2D eigenvalue weighted by molar-refractivity contribution is 9.10.